The Morgan fingerprint density at radius 2 is 2.21 bits per heavy atom. The molecule has 0 unspecified atom stereocenters. The van der Waals surface area contributed by atoms with Crippen LogP contribution in [0.25, 0.3) is 0 Å². The van der Waals surface area contributed by atoms with Crippen molar-refractivity contribution in [2.75, 3.05) is 0 Å². The summed E-state index contributed by atoms with van der Waals surface area (Å²) in [5, 5.41) is 13.8. The van der Waals surface area contributed by atoms with Gasteiger partial charge in [0.15, 0.2) is 0 Å². The number of hydrogen-bond donors (Lipinski definition) is 2. The molecule has 0 fully saturated rings. The van der Waals surface area contributed by atoms with Crippen molar-refractivity contribution in [3.8, 4) is 6.07 Å². The molecule has 0 aliphatic carbocycles. The number of thiophene rings is 1. The van der Waals surface area contributed by atoms with E-state index in [4.69, 9.17) is 11.0 Å². The number of carbonyl (C=O) groups is 1. The number of nitriles is 1. The maximum Gasteiger partial charge on any atom is 0.249 e. The quantitative estimate of drug-likeness (QED) is 0.873. The third-order valence-corrected chi connectivity index (χ3v) is 3.56. The van der Waals surface area contributed by atoms with E-state index in [1.165, 1.54) is 11.3 Å². The van der Waals surface area contributed by atoms with Crippen molar-refractivity contribution in [2.24, 2.45) is 5.73 Å². The standard InChI is InChI=1S/C14H13N3OS/c15-6-10-2-1-3-11(4-10)7-17-8-13-5-12(9-19-13)14(16)18/h1-5,9,17H,7-8H2,(H2,16,18). The summed E-state index contributed by atoms with van der Waals surface area (Å²) in [7, 11) is 0. The van der Waals surface area contributed by atoms with E-state index in [2.05, 4.69) is 11.4 Å². The van der Waals surface area contributed by atoms with Crippen LogP contribution >= 0.6 is 11.3 Å². The smallest absolute Gasteiger partial charge is 0.249 e. The summed E-state index contributed by atoms with van der Waals surface area (Å²) in [6.07, 6.45) is 0. The first kappa shape index (κ1) is 13.3. The monoisotopic (exact) mass is 271 g/mol. The van der Waals surface area contributed by atoms with Crippen LogP contribution in [-0.2, 0) is 13.1 Å². The molecule has 2 rings (SSSR count). The molecule has 5 heteroatoms. The first-order valence-electron chi connectivity index (χ1n) is 5.76. The molecule has 1 heterocycles. The zero-order valence-corrected chi connectivity index (χ0v) is 11.0. The largest absolute Gasteiger partial charge is 0.366 e. The summed E-state index contributed by atoms with van der Waals surface area (Å²) in [6.45, 7) is 1.36. The Balaban J connectivity index is 1.89. The number of benzene rings is 1. The third kappa shape index (κ3) is 3.65. The number of amides is 1. The highest BCUT2D eigenvalue weighted by molar-refractivity contribution is 7.10. The van der Waals surface area contributed by atoms with Crippen molar-refractivity contribution >= 4 is 17.2 Å². The minimum atomic E-state index is -0.399. The molecule has 1 aromatic heterocycles. The fourth-order valence-electron chi connectivity index (χ4n) is 1.68. The molecule has 0 saturated heterocycles. The molecular formula is C14H13N3OS. The van der Waals surface area contributed by atoms with E-state index >= 15 is 0 Å². The molecule has 3 N–H and O–H groups in total. The molecular weight excluding hydrogens is 258 g/mol. The summed E-state index contributed by atoms with van der Waals surface area (Å²) < 4.78 is 0. The Morgan fingerprint density at radius 1 is 1.37 bits per heavy atom. The zero-order chi connectivity index (χ0) is 13.7. The predicted molar refractivity (Wildman–Crippen MR) is 74.5 cm³/mol. The number of primary amides is 1. The van der Waals surface area contributed by atoms with Crippen LogP contribution in [0.2, 0.25) is 0 Å². The molecule has 0 bridgehead atoms. The van der Waals surface area contributed by atoms with Crippen LogP contribution in [0.3, 0.4) is 0 Å². The summed E-state index contributed by atoms with van der Waals surface area (Å²) in [6, 6.07) is 11.4. The van der Waals surface area contributed by atoms with Crippen LogP contribution in [0.4, 0.5) is 0 Å². The zero-order valence-electron chi connectivity index (χ0n) is 10.2. The predicted octanol–water partition coefficient (Wildman–Crippen LogP) is 2.01. The molecule has 0 saturated carbocycles. The Bertz CT molecular complexity index is 628. The fourth-order valence-corrected chi connectivity index (χ4v) is 2.53. The van der Waals surface area contributed by atoms with Gasteiger partial charge in [-0.1, -0.05) is 12.1 Å². The van der Waals surface area contributed by atoms with E-state index in [1.54, 1.807) is 17.5 Å². The van der Waals surface area contributed by atoms with Gasteiger partial charge in [0.2, 0.25) is 5.91 Å². The summed E-state index contributed by atoms with van der Waals surface area (Å²) in [5.41, 5.74) is 7.46. The van der Waals surface area contributed by atoms with Gasteiger partial charge in [-0.05, 0) is 23.8 Å². The molecule has 4 nitrogen and oxygen atoms in total. The van der Waals surface area contributed by atoms with E-state index in [0.29, 0.717) is 24.2 Å². The number of rotatable bonds is 5. The van der Waals surface area contributed by atoms with Crippen LogP contribution in [0.5, 0.6) is 0 Å². The lowest BCUT2D eigenvalue weighted by Crippen LogP contribution is -2.12. The van der Waals surface area contributed by atoms with Crippen molar-refractivity contribution in [2.45, 2.75) is 13.1 Å². The average Bonchev–Trinajstić information content (AvgIpc) is 2.88. The van der Waals surface area contributed by atoms with E-state index in [9.17, 15) is 4.79 Å². The summed E-state index contributed by atoms with van der Waals surface area (Å²) >= 11 is 1.50. The van der Waals surface area contributed by atoms with Crippen molar-refractivity contribution in [3.05, 3.63) is 57.3 Å². The maximum absolute atomic E-state index is 11.0. The van der Waals surface area contributed by atoms with E-state index < -0.39 is 5.91 Å². The van der Waals surface area contributed by atoms with Gasteiger partial charge in [-0.2, -0.15) is 5.26 Å². The highest BCUT2D eigenvalue weighted by Crippen LogP contribution is 2.14. The van der Waals surface area contributed by atoms with Crippen molar-refractivity contribution in [1.82, 2.24) is 5.32 Å². The van der Waals surface area contributed by atoms with Gasteiger partial charge in [0.25, 0.3) is 0 Å². The average molecular weight is 271 g/mol. The molecule has 0 aliphatic rings. The summed E-state index contributed by atoms with van der Waals surface area (Å²) in [4.78, 5) is 12.0. The second-order valence-electron chi connectivity index (χ2n) is 4.08. The van der Waals surface area contributed by atoms with Gasteiger partial charge in [0.1, 0.15) is 0 Å². The van der Waals surface area contributed by atoms with Crippen LogP contribution in [0, 0.1) is 11.3 Å². The van der Waals surface area contributed by atoms with Gasteiger partial charge >= 0.3 is 0 Å². The minimum absolute atomic E-state index is 0.399. The molecule has 0 radical (unpaired) electrons. The Labute approximate surface area is 115 Å². The lowest BCUT2D eigenvalue weighted by molar-refractivity contribution is 0.100. The van der Waals surface area contributed by atoms with Gasteiger partial charge in [-0.15, -0.1) is 11.3 Å². The Hall–Kier alpha value is -2.16. The lowest BCUT2D eigenvalue weighted by Gasteiger charge is -2.03. The van der Waals surface area contributed by atoms with Gasteiger partial charge in [0.05, 0.1) is 17.2 Å². The molecule has 0 spiro atoms. The van der Waals surface area contributed by atoms with E-state index in [-0.39, 0.29) is 0 Å². The molecule has 0 atom stereocenters. The number of nitrogens with one attached hydrogen (secondary N) is 1. The van der Waals surface area contributed by atoms with Gasteiger partial charge in [0, 0.05) is 23.3 Å². The van der Waals surface area contributed by atoms with Crippen molar-refractivity contribution in [1.29, 1.82) is 5.26 Å². The Morgan fingerprint density at radius 3 is 2.89 bits per heavy atom. The molecule has 96 valence electrons. The van der Waals surface area contributed by atoms with Crippen LogP contribution < -0.4 is 11.1 Å². The SMILES string of the molecule is N#Cc1cccc(CNCc2cc(C(N)=O)cs2)c1. The normalized spacial score (nSPS) is 10.1. The second-order valence-corrected chi connectivity index (χ2v) is 5.08. The molecule has 1 amide bonds. The minimum Gasteiger partial charge on any atom is -0.366 e. The van der Waals surface area contributed by atoms with Crippen molar-refractivity contribution in [3.63, 3.8) is 0 Å². The number of hydrogen-bond acceptors (Lipinski definition) is 4. The second kappa shape index (κ2) is 6.14. The van der Waals surface area contributed by atoms with E-state index in [1.807, 2.05) is 18.2 Å². The molecule has 1 aromatic carbocycles. The third-order valence-electron chi connectivity index (χ3n) is 2.62. The first-order chi connectivity index (χ1) is 9.19. The molecule has 2 aromatic rings. The van der Waals surface area contributed by atoms with Gasteiger partial charge in [-0.25, -0.2) is 0 Å². The van der Waals surface area contributed by atoms with Crippen molar-refractivity contribution < 1.29 is 4.79 Å². The number of carbonyl (C=O) groups excluding carboxylic acids is 1. The number of nitrogens with two attached hydrogens (primary N) is 1. The van der Waals surface area contributed by atoms with Crippen LogP contribution in [0.1, 0.15) is 26.4 Å². The van der Waals surface area contributed by atoms with Gasteiger partial charge in [-0.3, -0.25) is 4.79 Å². The van der Waals surface area contributed by atoms with Crippen LogP contribution in [0.15, 0.2) is 35.7 Å². The lowest BCUT2D eigenvalue weighted by atomic mass is 10.1. The fraction of sp³-hybridized carbons (Fsp3) is 0.143. The van der Waals surface area contributed by atoms with Crippen LogP contribution in [-0.4, -0.2) is 5.91 Å². The molecule has 19 heavy (non-hydrogen) atoms. The highest BCUT2D eigenvalue weighted by Gasteiger charge is 2.04. The maximum atomic E-state index is 11.0. The topological polar surface area (TPSA) is 78.9 Å². The first-order valence-corrected chi connectivity index (χ1v) is 6.64. The Kier molecular flexibility index (Phi) is 4.29. The van der Waals surface area contributed by atoms with E-state index in [0.717, 1.165) is 10.4 Å². The van der Waals surface area contributed by atoms with Gasteiger partial charge < -0.3 is 11.1 Å². The molecule has 0 aliphatic heterocycles. The summed E-state index contributed by atoms with van der Waals surface area (Å²) in [5.74, 6) is -0.399. The number of nitrogens with zero attached hydrogens (tertiary/aromatic N) is 1. The highest BCUT2D eigenvalue weighted by atomic mass is 32.1.